The molecule has 0 aliphatic carbocycles. The molecule has 0 aromatic heterocycles. The summed E-state index contributed by atoms with van der Waals surface area (Å²) in [4.78, 5) is 24.5. The van der Waals surface area contributed by atoms with Crippen LogP contribution < -0.4 is 5.32 Å². The van der Waals surface area contributed by atoms with Crippen LogP contribution in [0.3, 0.4) is 0 Å². The summed E-state index contributed by atoms with van der Waals surface area (Å²) in [6.07, 6.45) is 80.7. The van der Waals surface area contributed by atoms with Crippen molar-refractivity contribution in [3.63, 3.8) is 0 Å². The maximum atomic E-state index is 12.5. The van der Waals surface area contributed by atoms with Crippen molar-refractivity contribution in [3.05, 3.63) is 24.3 Å². The number of hydrogen-bond donors (Lipinski definition) is 3. The summed E-state index contributed by atoms with van der Waals surface area (Å²) in [5.41, 5.74) is 0. The monoisotopic (exact) mass is 1060 g/mol. The van der Waals surface area contributed by atoms with E-state index in [2.05, 4.69) is 43.5 Å². The topological polar surface area (TPSA) is 95.9 Å². The van der Waals surface area contributed by atoms with Crippen LogP contribution in [0.15, 0.2) is 24.3 Å². The van der Waals surface area contributed by atoms with E-state index < -0.39 is 12.1 Å². The lowest BCUT2D eigenvalue weighted by molar-refractivity contribution is -0.143. The van der Waals surface area contributed by atoms with Gasteiger partial charge in [0.2, 0.25) is 5.91 Å². The van der Waals surface area contributed by atoms with Gasteiger partial charge in [-0.15, -0.1) is 0 Å². The molecule has 0 saturated carbocycles. The van der Waals surface area contributed by atoms with E-state index in [0.29, 0.717) is 25.9 Å². The zero-order valence-electron chi connectivity index (χ0n) is 50.8. The van der Waals surface area contributed by atoms with E-state index in [-0.39, 0.29) is 18.5 Å². The number of unbranched alkanes of at least 4 members (excludes halogenated alkanes) is 49. The molecule has 0 bridgehead atoms. The fourth-order valence-electron chi connectivity index (χ4n) is 10.8. The average Bonchev–Trinajstić information content (AvgIpc) is 3.41. The number of amides is 1. The molecule has 2 unspecified atom stereocenters. The lowest BCUT2D eigenvalue weighted by atomic mass is 10.0. The minimum Gasteiger partial charge on any atom is -0.466 e. The van der Waals surface area contributed by atoms with Crippen LogP contribution >= 0.6 is 0 Å². The van der Waals surface area contributed by atoms with Crippen molar-refractivity contribution in [1.82, 2.24) is 5.32 Å². The molecule has 75 heavy (non-hydrogen) atoms. The zero-order chi connectivity index (χ0) is 54.3. The van der Waals surface area contributed by atoms with E-state index >= 15 is 0 Å². The van der Waals surface area contributed by atoms with E-state index in [4.69, 9.17) is 4.74 Å². The van der Waals surface area contributed by atoms with E-state index in [1.54, 1.807) is 0 Å². The third kappa shape index (κ3) is 61.4. The Bertz CT molecular complexity index is 1170. The van der Waals surface area contributed by atoms with Crippen LogP contribution in [-0.2, 0) is 14.3 Å². The second-order valence-electron chi connectivity index (χ2n) is 23.5. The van der Waals surface area contributed by atoms with Gasteiger partial charge in [0.25, 0.3) is 0 Å². The second kappa shape index (κ2) is 64.9. The van der Waals surface area contributed by atoms with Crippen LogP contribution in [0.4, 0.5) is 0 Å². The lowest BCUT2D eigenvalue weighted by Gasteiger charge is -2.22. The Morgan fingerprint density at radius 2 is 0.667 bits per heavy atom. The van der Waals surface area contributed by atoms with Crippen molar-refractivity contribution in [2.45, 2.75) is 392 Å². The van der Waals surface area contributed by atoms with Gasteiger partial charge in [0.05, 0.1) is 25.4 Å². The van der Waals surface area contributed by atoms with Gasteiger partial charge in [-0.3, -0.25) is 9.59 Å². The molecule has 6 nitrogen and oxygen atoms in total. The first-order valence-electron chi connectivity index (χ1n) is 34.1. The number of rotatable bonds is 64. The van der Waals surface area contributed by atoms with Crippen LogP contribution in [0.5, 0.6) is 0 Å². The first-order chi connectivity index (χ1) is 37.0. The number of nitrogens with one attached hydrogen (secondary N) is 1. The summed E-state index contributed by atoms with van der Waals surface area (Å²) in [7, 11) is 0. The third-order valence-corrected chi connectivity index (χ3v) is 16.0. The number of hydrogen-bond acceptors (Lipinski definition) is 5. The number of aliphatic hydroxyl groups excluding tert-OH is 2. The van der Waals surface area contributed by atoms with Gasteiger partial charge in [0.15, 0.2) is 0 Å². The molecule has 2 atom stereocenters. The summed E-state index contributed by atoms with van der Waals surface area (Å²) in [5, 5.41) is 23.4. The number of carbonyl (C=O) groups excluding carboxylic acids is 2. The Morgan fingerprint density at radius 1 is 0.373 bits per heavy atom. The quantitative estimate of drug-likeness (QED) is 0.0320. The summed E-state index contributed by atoms with van der Waals surface area (Å²) in [6.45, 7) is 4.98. The predicted molar refractivity (Wildman–Crippen MR) is 329 cm³/mol. The molecule has 0 heterocycles. The van der Waals surface area contributed by atoms with Gasteiger partial charge >= 0.3 is 5.97 Å². The van der Waals surface area contributed by atoms with Crippen LogP contribution in [0.25, 0.3) is 0 Å². The molecular formula is C69H133NO5. The zero-order valence-corrected chi connectivity index (χ0v) is 50.8. The number of allylic oxidation sites excluding steroid dienone is 4. The van der Waals surface area contributed by atoms with Crippen molar-refractivity contribution in [3.8, 4) is 0 Å². The van der Waals surface area contributed by atoms with E-state index in [1.807, 2.05) is 0 Å². The van der Waals surface area contributed by atoms with E-state index in [9.17, 15) is 19.8 Å². The van der Waals surface area contributed by atoms with Crippen molar-refractivity contribution in [1.29, 1.82) is 0 Å². The van der Waals surface area contributed by atoms with Gasteiger partial charge in [0, 0.05) is 12.8 Å². The van der Waals surface area contributed by atoms with Gasteiger partial charge in [0.1, 0.15) is 0 Å². The number of carbonyl (C=O) groups is 2. The SMILES string of the molecule is CCCCCCCCCCCCCCCCCCCC(O)C(CO)NC(=O)CCCCCCCCCCCCCCC/C=C\C/C=C\CCCCCCCCCCCOC(=O)CCCCCCCCCCCCCC. The van der Waals surface area contributed by atoms with Gasteiger partial charge < -0.3 is 20.3 Å². The van der Waals surface area contributed by atoms with Crippen LogP contribution in [-0.4, -0.2) is 47.4 Å². The molecule has 0 saturated heterocycles. The predicted octanol–water partition coefficient (Wildman–Crippen LogP) is 21.8. The van der Waals surface area contributed by atoms with Crippen molar-refractivity contribution < 1.29 is 24.5 Å². The second-order valence-corrected chi connectivity index (χ2v) is 23.5. The highest BCUT2D eigenvalue weighted by molar-refractivity contribution is 5.76. The Kier molecular flexibility index (Phi) is 63.4. The molecule has 1 amide bonds. The normalized spacial score (nSPS) is 12.6. The van der Waals surface area contributed by atoms with Gasteiger partial charge in [-0.2, -0.15) is 0 Å². The summed E-state index contributed by atoms with van der Waals surface area (Å²) < 4.78 is 5.47. The molecule has 0 fully saturated rings. The largest absolute Gasteiger partial charge is 0.466 e. The van der Waals surface area contributed by atoms with Crippen LogP contribution in [0.2, 0.25) is 0 Å². The maximum absolute atomic E-state index is 12.5. The smallest absolute Gasteiger partial charge is 0.305 e. The molecule has 0 aliphatic rings. The van der Waals surface area contributed by atoms with Gasteiger partial charge in [-0.1, -0.05) is 334 Å². The highest BCUT2D eigenvalue weighted by Gasteiger charge is 2.20. The van der Waals surface area contributed by atoms with Crippen LogP contribution in [0.1, 0.15) is 380 Å². The van der Waals surface area contributed by atoms with Gasteiger partial charge in [-0.05, 0) is 57.8 Å². The van der Waals surface area contributed by atoms with Crippen molar-refractivity contribution in [2.75, 3.05) is 13.2 Å². The maximum Gasteiger partial charge on any atom is 0.305 e. The van der Waals surface area contributed by atoms with E-state index in [0.717, 1.165) is 44.9 Å². The Balaban J connectivity index is 3.40. The average molecular weight is 1060 g/mol. The Labute approximate surface area is 469 Å². The molecule has 444 valence electrons. The number of esters is 1. The Morgan fingerprint density at radius 3 is 1.01 bits per heavy atom. The van der Waals surface area contributed by atoms with Crippen molar-refractivity contribution in [2.24, 2.45) is 0 Å². The fourth-order valence-corrected chi connectivity index (χ4v) is 10.8. The molecule has 3 N–H and O–H groups in total. The van der Waals surface area contributed by atoms with E-state index in [1.165, 1.54) is 302 Å². The van der Waals surface area contributed by atoms with Crippen molar-refractivity contribution >= 4 is 11.9 Å². The standard InChI is InChI=1S/C69H133NO5/c1-3-5-7-9-11-13-15-17-18-32-35-38-41-45-49-53-57-61-67(72)66(65-71)70-68(73)62-58-54-50-46-42-39-36-33-30-28-26-24-22-20-19-21-23-25-27-29-31-34-37-40-44-48-52-56-60-64-75-69(74)63-59-55-51-47-43-16-14-12-10-8-6-4-2/h19,21,25,27,66-67,71-72H,3-18,20,22-24,26,28-65H2,1-2H3,(H,70,73)/b21-19-,27-25-. The minimum atomic E-state index is -0.665. The molecular weight excluding hydrogens is 923 g/mol. The molecule has 0 aromatic carbocycles. The fraction of sp³-hybridized carbons (Fsp3) is 0.913. The Hall–Kier alpha value is -1.66. The molecule has 0 radical (unpaired) electrons. The first-order valence-corrected chi connectivity index (χ1v) is 34.1. The highest BCUT2D eigenvalue weighted by Crippen LogP contribution is 2.18. The molecule has 0 spiro atoms. The summed E-state index contributed by atoms with van der Waals surface area (Å²) in [6, 6.07) is -0.542. The first kappa shape index (κ1) is 73.3. The summed E-state index contributed by atoms with van der Waals surface area (Å²) in [5.74, 6) is -0.0194. The molecule has 6 heteroatoms. The van der Waals surface area contributed by atoms with Crippen LogP contribution in [0, 0.1) is 0 Å². The lowest BCUT2D eigenvalue weighted by Crippen LogP contribution is -2.45. The minimum absolute atomic E-state index is 0.0132. The molecule has 0 aromatic rings. The highest BCUT2D eigenvalue weighted by atomic mass is 16.5. The summed E-state index contributed by atoms with van der Waals surface area (Å²) >= 11 is 0. The molecule has 0 rings (SSSR count). The molecule has 0 aliphatic heterocycles. The van der Waals surface area contributed by atoms with Gasteiger partial charge in [-0.25, -0.2) is 0 Å². The third-order valence-electron chi connectivity index (χ3n) is 16.0. The number of aliphatic hydroxyl groups is 2. The number of ether oxygens (including phenoxy) is 1.